The van der Waals surface area contributed by atoms with Gasteiger partial charge in [0.1, 0.15) is 18.1 Å². The molecule has 0 rings (SSSR count). The van der Waals surface area contributed by atoms with E-state index in [-0.39, 0.29) is 24.2 Å². The number of nitrogens with two attached hydrogens (primary N) is 1. The van der Waals surface area contributed by atoms with E-state index in [1.165, 1.54) is 0 Å². The van der Waals surface area contributed by atoms with Gasteiger partial charge in [0, 0.05) is 0 Å². The zero-order valence-electron chi connectivity index (χ0n) is 19.7. The van der Waals surface area contributed by atoms with E-state index in [4.69, 9.17) is 10.8 Å². The molecule has 0 aromatic carbocycles. The van der Waals surface area contributed by atoms with Crippen molar-refractivity contribution in [1.29, 1.82) is 0 Å². The van der Waals surface area contributed by atoms with Crippen LogP contribution < -0.4 is 21.7 Å². The van der Waals surface area contributed by atoms with Crippen LogP contribution in [0, 0.1) is 17.8 Å². The standard InChI is InChI=1S/C21H38N4O7/c1-7-12(6)17(25-19(29)16(22)11(4)5)20(30)23-13(8-10(2)3)18(28)24-14(21(31)32)9-15(26)27/h10-14,16-17H,7-9,22H2,1-6H3,(H,23,30)(H,24,28)(H,25,29)(H,26,27)(H,31,32). The summed E-state index contributed by atoms with van der Waals surface area (Å²) in [6, 6.07) is -4.51. The molecule has 0 aliphatic heterocycles. The minimum absolute atomic E-state index is 0.0418. The summed E-state index contributed by atoms with van der Waals surface area (Å²) in [6.45, 7) is 10.8. The Morgan fingerprint density at radius 3 is 1.75 bits per heavy atom. The first-order valence-electron chi connectivity index (χ1n) is 10.8. The van der Waals surface area contributed by atoms with Gasteiger partial charge in [-0.1, -0.05) is 48.0 Å². The van der Waals surface area contributed by atoms with E-state index in [0.717, 1.165) is 0 Å². The van der Waals surface area contributed by atoms with Crippen molar-refractivity contribution in [2.24, 2.45) is 23.5 Å². The molecule has 0 aliphatic rings. The number of hydrogen-bond acceptors (Lipinski definition) is 6. The molecule has 0 spiro atoms. The Hall–Kier alpha value is -2.69. The van der Waals surface area contributed by atoms with Crippen molar-refractivity contribution in [2.45, 2.75) is 85.0 Å². The second-order valence-corrected chi connectivity index (χ2v) is 8.83. The number of nitrogens with one attached hydrogen (secondary N) is 3. The summed E-state index contributed by atoms with van der Waals surface area (Å²) in [4.78, 5) is 60.3. The van der Waals surface area contributed by atoms with E-state index < -0.39 is 60.2 Å². The van der Waals surface area contributed by atoms with E-state index in [1.807, 2.05) is 20.8 Å². The minimum Gasteiger partial charge on any atom is -0.481 e. The third kappa shape index (κ3) is 10.1. The van der Waals surface area contributed by atoms with Crippen LogP contribution in [0.4, 0.5) is 0 Å². The van der Waals surface area contributed by atoms with Crippen molar-refractivity contribution in [3.63, 3.8) is 0 Å². The van der Waals surface area contributed by atoms with Crippen molar-refractivity contribution >= 4 is 29.7 Å². The largest absolute Gasteiger partial charge is 0.481 e. The fourth-order valence-corrected chi connectivity index (χ4v) is 2.87. The van der Waals surface area contributed by atoms with Crippen LogP contribution in [0.15, 0.2) is 0 Å². The van der Waals surface area contributed by atoms with Crippen LogP contribution in [0.3, 0.4) is 0 Å². The fraction of sp³-hybridized carbons (Fsp3) is 0.762. The molecule has 32 heavy (non-hydrogen) atoms. The SMILES string of the molecule is CCC(C)C(NC(=O)C(N)C(C)C)C(=O)NC(CC(C)C)C(=O)NC(CC(=O)O)C(=O)O. The van der Waals surface area contributed by atoms with Gasteiger partial charge in [0.05, 0.1) is 12.5 Å². The summed E-state index contributed by atoms with van der Waals surface area (Å²) in [5.74, 6) is -5.23. The zero-order valence-corrected chi connectivity index (χ0v) is 19.7. The molecule has 0 saturated carbocycles. The van der Waals surface area contributed by atoms with Gasteiger partial charge in [-0.25, -0.2) is 4.79 Å². The van der Waals surface area contributed by atoms with E-state index in [0.29, 0.717) is 6.42 Å². The smallest absolute Gasteiger partial charge is 0.326 e. The quantitative estimate of drug-likeness (QED) is 0.211. The second kappa shape index (κ2) is 13.7. The number of hydrogen-bond donors (Lipinski definition) is 6. The number of amides is 3. The Kier molecular flexibility index (Phi) is 12.5. The molecule has 0 saturated heterocycles. The average Bonchev–Trinajstić information content (AvgIpc) is 2.68. The van der Waals surface area contributed by atoms with E-state index >= 15 is 0 Å². The summed E-state index contributed by atoms with van der Waals surface area (Å²) in [7, 11) is 0. The fourth-order valence-electron chi connectivity index (χ4n) is 2.87. The molecule has 11 nitrogen and oxygen atoms in total. The Bertz CT molecular complexity index is 681. The monoisotopic (exact) mass is 458 g/mol. The Balaban J connectivity index is 5.59. The van der Waals surface area contributed by atoms with Gasteiger partial charge in [0.2, 0.25) is 17.7 Å². The van der Waals surface area contributed by atoms with Gasteiger partial charge in [-0.2, -0.15) is 0 Å². The van der Waals surface area contributed by atoms with Crippen LogP contribution in [0.25, 0.3) is 0 Å². The summed E-state index contributed by atoms with van der Waals surface area (Å²) < 4.78 is 0. The molecule has 0 heterocycles. The summed E-state index contributed by atoms with van der Waals surface area (Å²) in [6.07, 6.45) is -0.0538. The van der Waals surface area contributed by atoms with E-state index in [9.17, 15) is 29.1 Å². The number of rotatable bonds is 14. The first kappa shape index (κ1) is 29.3. The molecule has 0 aliphatic carbocycles. The van der Waals surface area contributed by atoms with Crippen LogP contribution >= 0.6 is 0 Å². The molecule has 7 N–H and O–H groups in total. The highest BCUT2D eigenvalue weighted by Crippen LogP contribution is 2.12. The van der Waals surface area contributed by atoms with Gasteiger partial charge in [-0.05, 0) is 24.2 Å². The van der Waals surface area contributed by atoms with Crippen molar-refractivity contribution < 1.29 is 34.2 Å². The van der Waals surface area contributed by atoms with Crippen molar-refractivity contribution in [3.05, 3.63) is 0 Å². The summed E-state index contributed by atoms with van der Waals surface area (Å²) in [5, 5.41) is 25.5. The van der Waals surface area contributed by atoms with Crippen LogP contribution in [-0.2, 0) is 24.0 Å². The maximum atomic E-state index is 13.0. The lowest BCUT2D eigenvalue weighted by Crippen LogP contribution is -2.59. The normalized spacial score (nSPS) is 15.9. The van der Waals surface area contributed by atoms with Crippen molar-refractivity contribution in [3.8, 4) is 0 Å². The molecule has 0 radical (unpaired) electrons. The van der Waals surface area contributed by atoms with Gasteiger partial charge >= 0.3 is 11.9 Å². The van der Waals surface area contributed by atoms with Crippen LogP contribution in [0.5, 0.6) is 0 Å². The zero-order chi connectivity index (χ0) is 25.2. The molecule has 11 heteroatoms. The molecule has 0 bridgehead atoms. The highest BCUT2D eigenvalue weighted by molar-refractivity contribution is 5.94. The molecule has 5 unspecified atom stereocenters. The Morgan fingerprint density at radius 2 is 1.34 bits per heavy atom. The van der Waals surface area contributed by atoms with Crippen LogP contribution in [-0.4, -0.2) is 64.0 Å². The Labute approximate surface area is 188 Å². The van der Waals surface area contributed by atoms with Gasteiger partial charge < -0.3 is 31.9 Å². The average molecular weight is 459 g/mol. The Morgan fingerprint density at radius 1 is 0.812 bits per heavy atom. The number of carbonyl (C=O) groups excluding carboxylic acids is 3. The maximum absolute atomic E-state index is 13.0. The second-order valence-electron chi connectivity index (χ2n) is 8.83. The van der Waals surface area contributed by atoms with Crippen LogP contribution in [0.1, 0.15) is 60.8 Å². The summed E-state index contributed by atoms with van der Waals surface area (Å²) in [5.41, 5.74) is 5.88. The van der Waals surface area contributed by atoms with Crippen LogP contribution in [0.2, 0.25) is 0 Å². The van der Waals surface area contributed by atoms with Gasteiger partial charge in [0.25, 0.3) is 0 Å². The highest BCUT2D eigenvalue weighted by atomic mass is 16.4. The lowest BCUT2D eigenvalue weighted by atomic mass is 9.95. The molecular formula is C21H38N4O7. The van der Waals surface area contributed by atoms with Crippen molar-refractivity contribution in [2.75, 3.05) is 0 Å². The lowest BCUT2D eigenvalue weighted by molar-refractivity contribution is -0.147. The van der Waals surface area contributed by atoms with E-state index in [2.05, 4.69) is 16.0 Å². The number of carboxylic acids is 2. The topological polar surface area (TPSA) is 188 Å². The first-order chi connectivity index (χ1) is 14.7. The third-order valence-corrected chi connectivity index (χ3v) is 5.15. The van der Waals surface area contributed by atoms with Gasteiger partial charge in [0.15, 0.2) is 0 Å². The van der Waals surface area contributed by atoms with Gasteiger partial charge in [-0.15, -0.1) is 0 Å². The number of carbonyl (C=O) groups is 5. The third-order valence-electron chi connectivity index (χ3n) is 5.15. The molecule has 0 aromatic heterocycles. The summed E-state index contributed by atoms with van der Waals surface area (Å²) >= 11 is 0. The lowest BCUT2D eigenvalue weighted by Gasteiger charge is -2.29. The van der Waals surface area contributed by atoms with Gasteiger partial charge in [-0.3, -0.25) is 19.2 Å². The highest BCUT2D eigenvalue weighted by Gasteiger charge is 2.33. The molecule has 184 valence electrons. The minimum atomic E-state index is -1.64. The molecular weight excluding hydrogens is 420 g/mol. The predicted octanol–water partition coefficient (Wildman–Crippen LogP) is 0.0756. The molecule has 5 atom stereocenters. The van der Waals surface area contributed by atoms with E-state index in [1.54, 1.807) is 20.8 Å². The maximum Gasteiger partial charge on any atom is 0.326 e. The number of carboxylic acid groups (broad SMARTS) is 2. The van der Waals surface area contributed by atoms with Crippen molar-refractivity contribution in [1.82, 2.24) is 16.0 Å². The first-order valence-corrected chi connectivity index (χ1v) is 10.8. The number of aliphatic carboxylic acids is 2. The molecule has 3 amide bonds. The predicted molar refractivity (Wildman–Crippen MR) is 117 cm³/mol. The molecule has 0 aromatic rings. The molecule has 0 fully saturated rings.